The maximum absolute atomic E-state index is 12.3. The van der Waals surface area contributed by atoms with Crippen LogP contribution in [0.5, 0.6) is 0 Å². The van der Waals surface area contributed by atoms with E-state index in [0.717, 1.165) is 17.6 Å². The molecule has 1 heterocycles. The van der Waals surface area contributed by atoms with E-state index in [1.807, 2.05) is 12.1 Å². The predicted molar refractivity (Wildman–Crippen MR) is 94.9 cm³/mol. The minimum Gasteiger partial charge on any atom is -0.368 e. The van der Waals surface area contributed by atoms with Crippen LogP contribution in [-0.2, 0) is 14.3 Å². The van der Waals surface area contributed by atoms with Crippen LogP contribution in [0.2, 0.25) is 0 Å². The van der Waals surface area contributed by atoms with Crippen molar-refractivity contribution in [1.29, 1.82) is 0 Å². The van der Waals surface area contributed by atoms with Crippen LogP contribution in [0.3, 0.4) is 0 Å². The lowest BCUT2D eigenvalue weighted by atomic mass is 9.91. The number of carbonyl (C=O) groups is 2. The van der Waals surface area contributed by atoms with Gasteiger partial charge in [-0.25, -0.2) is 0 Å². The van der Waals surface area contributed by atoms with Crippen molar-refractivity contribution >= 4 is 45.8 Å². The Kier molecular flexibility index (Phi) is 7.98. The number of benzene rings is 1. The van der Waals surface area contributed by atoms with Gasteiger partial charge in [-0.1, -0.05) is 15.9 Å². The molecule has 0 aromatic heterocycles. The highest BCUT2D eigenvalue weighted by Crippen LogP contribution is 2.22. The summed E-state index contributed by atoms with van der Waals surface area (Å²) in [4.78, 5) is 24.2. The van der Waals surface area contributed by atoms with E-state index in [1.165, 1.54) is 7.11 Å². The van der Waals surface area contributed by atoms with E-state index in [0.29, 0.717) is 18.5 Å². The van der Waals surface area contributed by atoms with Gasteiger partial charge < -0.3 is 20.7 Å². The first-order chi connectivity index (χ1) is 10.6. The van der Waals surface area contributed by atoms with E-state index in [9.17, 15) is 9.59 Å². The molecule has 0 radical (unpaired) electrons. The van der Waals surface area contributed by atoms with Crippen molar-refractivity contribution in [2.24, 2.45) is 0 Å². The monoisotopic (exact) mass is 405 g/mol. The molecule has 128 valence electrons. The molecule has 1 saturated heterocycles. The molecule has 1 aromatic carbocycles. The summed E-state index contributed by atoms with van der Waals surface area (Å²) in [6.45, 7) is 1.38. The molecule has 0 saturated carbocycles. The minimum atomic E-state index is -0.830. The lowest BCUT2D eigenvalue weighted by Crippen LogP contribution is -2.55. The van der Waals surface area contributed by atoms with E-state index >= 15 is 0 Å². The summed E-state index contributed by atoms with van der Waals surface area (Å²) in [6, 6.07) is 7.24. The third kappa shape index (κ3) is 5.46. The van der Waals surface area contributed by atoms with Gasteiger partial charge in [-0.3, -0.25) is 9.59 Å². The van der Waals surface area contributed by atoms with Gasteiger partial charge in [0.25, 0.3) is 5.91 Å². The van der Waals surface area contributed by atoms with E-state index in [4.69, 9.17) is 4.74 Å². The van der Waals surface area contributed by atoms with Gasteiger partial charge in [-0.2, -0.15) is 0 Å². The first-order valence-corrected chi connectivity index (χ1v) is 7.95. The predicted octanol–water partition coefficient (Wildman–Crippen LogP) is 1.69. The van der Waals surface area contributed by atoms with Crippen molar-refractivity contribution in [3.63, 3.8) is 0 Å². The number of methoxy groups -OCH3 is 1. The topological polar surface area (TPSA) is 79.5 Å². The zero-order valence-corrected chi connectivity index (χ0v) is 15.3. The molecule has 2 amide bonds. The summed E-state index contributed by atoms with van der Waals surface area (Å²) in [5, 5.41) is 8.58. The van der Waals surface area contributed by atoms with Crippen LogP contribution in [0.1, 0.15) is 12.8 Å². The number of hydrogen-bond donors (Lipinski definition) is 3. The Balaban J connectivity index is 0.00000264. The summed E-state index contributed by atoms with van der Waals surface area (Å²) in [5.41, 5.74) is -0.144. The lowest BCUT2D eigenvalue weighted by Gasteiger charge is -2.34. The van der Waals surface area contributed by atoms with Gasteiger partial charge >= 0.3 is 0 Å². The molecule has 6 nitrogen and oxygen atoms in total. The van der Waals surface area contributed by atoms with Gasteiger partial charge in [0.05, 0.1) is 6.54 Å². The number of amides is 2. The molecule has 0 bridgehead atoms. The first kappa shape index (κ1) is 19.9. The van der Waals surface area contributed by atoms with Crippen molar-refractivity contribution in [1.82, 2.24) is 10.6 Å². The number of piperidine rings is 1. The van der Waals surface area contributed by atoms with Crippen molar-refractivity contribution in [2.75, 3.05) is 32.1 Å². The molecule has 1 fully saturated rings. The Hall–Kier alpha value is -1.15. The zero-order chi connectivity index (χ0) is 16.0. The Bertz CT molecular complexity index is 533. The average Bonchev–Trinajstić information content (AvgIpc) is 2.55. The summed E-state index contributed by atoms with van der Waals surface area (Å²) < 4.78 is 6.35. The number of anilines is 1. The maximum atomic E-state index is 12.3. The summed E-state index contributed by atoms with van der Waals surface area (Å²) in [6.07, 6.45) is 1.20. The minimum absolute atomic E-state index is 0. The molecular weight excluding hydrogens is 386 g/mol. The Morgan fingerprint density at radius 3 is 2.43 bits per heavy atom. The molecule has 1 aromatic rings. The van der Waals surface area contributed by atoms with Crippen LogP contribution in [0.25, 0.3) is 0 Å². The number of hydrogen-bond acceptors (Lipinski definition) is 4. The number of halogens is 2. The fraction of sp³-hybridized carbons (Fsp3) is 0.467. The summed E-state index contributed by atoms with van der Waals surface area (Å²) in [7, 11) is 1.53. The van der Waals surface area contributed by atoms with Crippen molar-refractivity contribution in [2.45, 2.75) is 18.4 Å². The van der Waals surface area contributed by atoms with Gasteiger partial charge in [-0.05, 0) is 50.2 Å². The number of nitrogens with one attached hydrogen (secondary N) is 3. The molecule has 0 aliphatic carbocycles. The van der Waals surface area contributed by atoms with Gasteiger partial charge in [0.1, 0.15) is 5.60 Å². The molecule has 23 heavy (non-hydrogen) atoms. The fourth-order valence-electron chi connectivity index (χ4n) is 2.41. The van der Waals surface area contributed by atoms with Gasteiger partial charge in [0.15, 0.2) is 0 Å². The fourth-order valence-corrected chi connectivity index (χ4v) is 2.68. The highest BCUT2D eigenvalue weighted by molar-refractivity contribution is 9.10. The maximum Gasteiger partial charge on any atom is 0.252 e. The Morgan fingerprint density at radius 1 is 1.26 bits per heavy atom. The van der Waals surface area contributed by atoms with Crippen LogP contribution in [0, 0.1) is 0 Å². The van der Waals surface area contributed by atoms with Crippen LogP contribution >= 0.6 is 28.3 Å². The van der Waals surface area contributed by atoms with E-state index in [2.05, 4.69) is 31.9 Å². The second-order valence-corrected chi connectivity index (χ2v) is 6.10. The van der Waals surface area contributed by atoms with E-state index in [-0.39, 0.29) is 30.8 Å². The lowest BCUT2D eigenvalue weighted by molar-refractivity contribution is -0.147. The van der Waals surface area contributed by atoms with Crippen molar-refractivity contribution in [3.05, 3.63) is 28.7 Å². The highest BCUT2D eigenvalue weighted by atomic mass is 79.9. The molecule has 1 aliphatic heterocycles. The molecule has 2 rings (SSSR count). The molecule has 0 atom stereocenters. The van der Waals surface area contributed by atoms with E-state index in [1.54, 1.807) is 12.1 Å². The van der Waals surface area contributed by atoms with Gasteiger partial charge in [-0.15, -0.1) is 12.4 Å². The van der Waals surface area contributed by atoms with Crippen LogP contribution in [-0.4, -0.2) is 44.2 Å². The molecular formula is C15H21BrClN3O3. The summed E-state index contributed by atoms with van der Waals surface area (Å²) >= 11 is 3.33. The number of rotatable bonds is 5. The molecule has 0 unspecified atom stereocenters. The Labute approximate surface area is 150 Å². The smallest absolute Gasteiger partial charge is 0.252 e. The zero-order valence-electron chi connectivity index (χ0n) is 12.9. The largest absolute Gasteiger partial charge is 0.368 e. The number of ether oxygens (including phenoxy) is 1. The summed E-state index contributed by atoms with van der Waals surface area (Å²) in [5.74, 6) is -0.502. The van der Waals surface area contributed by atoms with Crippen LogP contribution < -0.4 is 16.0 Å². The quantitative estimate of drug-likeness (QED) is 0.695. The van der Waals surface area contributed by atoms with Crippen LogP contribution in [0.15, 0.2) is 28.7 Å². The molecule has 8 heteroatoms. The first-order valence-electron chi connectivity index (χ1n) is 7.15. The van der Waals surface area contributed by atoms with Crippen molar-refractivity contribution < 1.29 is 14.3 Å². The average molecular weight is 407 g/mol. The molecule has 3 N–H and O–H groups in total. The highest BCUT2D eigenvalue weighted by Gasteiger charge is 2.39. The molecule has 0 spiro atoms. The standard InChI is InChI=1S/C15H20BrN3O3.ClH/c1-22-15(6-8-17-9-7-15)14(21)18-10-13(20)19-12-4-2-11(16)3-5-12;/h2-5,17H,6-10H2,1H3,(H,18,21)(H,19,20);1H. The second-order valence-electron chi connectivity index (χ2n) is 5.19. The van der Waals surface area contributed by atoms with Gasteiger partial charge in [0.2, 0.25) is 5.91 Å². The third-order valence-corrected chi connectivity index (χ3v) is 4.28. The molecule has 1 aliphatic rings. The Morgan fingerprint density at radius 2 is 1.87 bits per heavy atom. The number of carbonyl (C=O) groups excluding carboxylic acids is 2. The van der Waals surface area contributed by atoms with Crippen LogP contribution in [0.4, 0.5) is 5.69 Å². The van der Waals surface area contributed by atoms with E-state index < -0.39 is 5.60 Å². The SMILES string of the molecule is COC1(C(=O)NCC(=O)Nc2ccc(Br)cc2)CCNCC1.Cl. The third-order valence-electron chi connectivity index (χ3n) is 3.75. The normalized spacial score (nSPS) is 16.1. The van der Waals surface area contributed by atoms with Gasteiger partial charge in [0, 0.05) is 17.3 Å². The van der Waals surface area contributed by atoms with Crippen molar-refractivity contribution in [3.8, 4) is 0 Å². The second kappa shape index (κ2) is 9.22.